The summed E-state index contributed by atoms with van der Waals surface area (Å²) < 4.78 is 19.2. The van der Waals surface area contributed by atoms with Crippen molar-refractivity contribution in [3.05, 3.63) is 136 Å². The van der Waals surface area contributed by atoms with Crippen molar-refractivity contribution in [2.45, 2.75) is 25.0 Å². The topological polar surface area (TPSA) is 33.6 Å². The van der Waals surface area contributed by atoms with E-state index in [1.807, 2.05) is 12.1 Å². The van der Waals surface area contributed by atoms with E-state index >= 15 is 0 Å². The molecule has 0 spiro atoms. The Morgan fingerprint density at radius 1 is 0.973 bits per heavy atom. The lowest BCUT2D eigenvalue weighted by atomic mass is 9.77. The summed E-state index contributed by atoms with van der Waals surface area (Å²) in [4.78, 5) is 4.69. The zero-order chi connectivity index (χ0) is 25.2. The lowest BCUT2D eigenvalue weighted by Gasteiger charge is -2.37. The van der Waals surface area contributed by atoms with Crippen LogP contribution in [0.15, 0.2) is 108 Å². The van der Waals surface area contributed by atoms with Crippen LogP contribution in [0.4, 0.5) is 15.8 Å². The van der Waals surface area contributed by atoms with Crippen molar-refractivity contribution >= 4 is 29.2 Å². The van der Waals surface area contributed by atoms with Crippen LogP contribution in [0.1, 0.15) is 40.6 Å². The highest BCUT2D eigenvalue weighted by molar-refractivity contribution is 6.30. The van der Waals surface area contributed by atoms with E-state index in [9.17, 15) is 4.39 Å². The van der Waals surface area contributed by atoms with Gasteiger partial charge in [0.1, 0.15) is 18.2 Å². The molecule has 37 heavy (non-hydrogen) atoms. The number of para-hydroxylation sites is 1. The summed E-state index contributed by atoms with van der Waals surface area (Å²) in [6.45, 7) is 0.325. The molecule has 2 aliphatic rings. The zero-order valence-corrected chi connectivity index (χ0v) is 20.9. The summed E-state index contributed by atoms with van der Waals surface area (Å²) in [6.07, 6.45) is 7.52. The standard InChI is InChI=1S/C32H26ClFN2O/c33-24-12-17-31(37-20-21-8-13-25(34)14-9-21)23(18-24)19-35-26-15-10-22(11-16-26)32-29-6-3-5-27(29)28-4-1-2-7-30(28)36-32/h1-5,7-19,27,29,32,36H,6,20H2/t27-,29-,32-/m0/s1. The van der Waals surface area contributed by atoms with Crippen LogP contribution < -0.4 is 10.1 Å². The third kappa shape index (κ3) is 5.03. The van der Waals surface area contributed by atoms with Gasteiger partial charge in [-0.05, 0) is 77.6 Å². The monoisotopic (exact) mass is 508 g/mol. The summed E-state index contributed by atoms with van der Waals surface area (Å²) in [6, 6.07) is 29.0. The molecule has 5 heteroatoms. The van der Waals surface area contributed by atoms with Crippen molar-refractivity contribution in [1.82, 2.24) is 0 Å². The minimum absolute atomic E-state index is 0.257. The number of fused-ring (bicyclic) bond motifs is 3. The van der Waals surface area contributed by atoms with Crippen LogP contribution in [0.3, 0.4) is 0 Å². The number of nitrogens with one attached hydrogen (secondary N) is 1. The number of anilines is 1. The fourth-order valence-electron chi connectivity index (χ4n) is 5.28. The maximum atomic E-state index is 13.2. The highest BCUT2D eigenvalue weighted by Gasteiger charge is 2.37. The third-order valence-electron chi connectivity index (χ3n) is 7.16. The van der Waals surface area contributed by atoms with E-state index in [0.29, 0.717) is 29.2 Å². The fourth-order valence-corrected chi connectivity index (χ4v) is 5.46. The minimum Gasteiger partial charge on any atom is -0.488 e. The summed E-state index contributed by atoms with van der Waals surface area (Å²) in [5.41, 5.74) is 6.38. The molecule has 0 unspecified atom stereocenters. The fraction of sp³-hybridized carbons (Fsp3) is 0.156. The smallest absolute Gasteiger partial charge is 0.128 e. The van der Waals surface area contributed by atoms with Crippen LogP contribution in [-0.2, 0) is 6.61 Å². The van der Waals surface area contributed by atoms with Gasteiger partial charge in [0, 0.05) is 28.4 Å². The van der Waals surface area contributed by atoms with E-state index in [2.05, 4.69) is 71.0 Å². The van der Waals surface area contributed by atoms with E-state index in [4.69, 9.17) is 16.3 Å². The predicted molar refractivity (Wildman–Crippen MR) is 149 cm³/mol. The highest BCUT2D eigenvalue weighted by atomic mass is 35.5. The molecule has 0 fully saturated rings. The second-order valence-corrected chi connectivity index (χ2v) is 9.95. The van der Waals surface area contributed by atoms with Crippen LogP contribution in [0.25, 0.3) is 0 Å². The molecular weight excluding hydrogens is 483 g/mol. The Labute approximate surface area is 221 Å². The molecule has 3 atom stereocenters. The zero-order valence-electron chi connectivity index (χ0n) is 20.1. The second-order valence-electron chi connectivity index (χ2n) is 9.51. The van der Waals surface area contributed by atoms with Gasteiger partial charge < -0.3 is 10.1 Å². The Morgan fingerprint density at radius 3 is 2.62 bits per heavy atom. The molecule has 184 valence electrons. The molecular formula is C32H26ClFN2O. The number of ether oxygens (including phenoxy) is 1. The van der Waals surface area contributed by atoms with Crippen LogP contribution in [-0.4, -0.2) is 6.21 Å². The first-order valence-corrected chi connectivity index (χ1v) is 12.8. The molecule has 0 radical (unpaired) electrons. The van der Waals surface area contributed by atoms with Gasteiger partial charge in [-0.25, -0.2) is 4.39 Å². The molecule has 1 aliphatic heterocycles. The lowest BCUT2D eigenvalue weighted by Crippen LogP contribution is -2.28. The minimum atomic E-state index is -0.266. The van der Waals surface area contributed by atoms with Crippen molar-refractivity contribution in [1.29, 1.82) is 0 Å². The predicted octanol–water partition coefficient (Wildman–Crippen LogP) is 8.64. The molecule has 6 rings (SSSR count). The summed E-state index contributed by atoms with van der Waals surface area (Å²) in [7, 11) is 0. The van der Waals surface area contributed by atoms with Gasteiger partial charge in [-0.2, -0.15) is 0 Å². The number of aliphatic imine (C=N–C) groups is 1. The number of hydrogen-bond acceptors (Lipinski definition) is 3. The van der Waals surface area contributed by atoms with Crippen molar-refractivity contribution in [2.24, 2.45) is 10.9 Å². The molecule has 0 saturated heterocycles. The van der Waals surface area contributed by atoms with Gasteiger partial charge in [-0.3, -0.25) is 4.99 Å². The van der Waals surface area contributed by atoms with Crippen LogP contribution >= 0.6 is 11.6 Å². The average molecular weight is 509 g/mol. The van der Waals surface area contributed by atoms with E-state index in [-0.39, 0.29) is 11.9 Å². The van der Waals surface area contributed by atoms with Crippen molar-refractivity contribution < 1.29 is 9.13 Å². The van der Waals surface area contributed by atoms with Gasteiger partial charge in [0.15, 0.2) is 0 Å². The molecule has 0 saturated carbocycles. The summed E-state index contributed by atoms with van der Waals surface area (Å²) >= 11 is 6.25. The van der Waals surface area contributed by atoms with Gasteiger partial charge in [-0.1, -0.05) is 66.2 Å². The molecule has 1 aliphatic carbocycles. The lowest BCUT2D eigenvalue weighted by molar-refractivity contribution is 0.305. The maximum absolute atomic E-state index is 13.2. The van der Waals surface area contributed by atoms with Crippen LogP contribution in [0.2, 0.25) is 5.02 Å². The first-order valence-electron chi connectivity index (χ1n) is 12.5. The number of rotatable bonds is 6. The Hall–Kier alpha value is -3.89. The van der Waals surface area contributed by atoms with E-state index in [0.717, 1.165) is 23.2 Å². The average Bonchev–Trinajstić information content (AvgIpc) is 3.43. The Balaban J connectivity index is 1.18. The quantitative estimate of drug-likeness (QED) is 0.209. The van der Waals surface area contributed by atoms with Crippen LogP contribution in [0, 0.1) is 11.7 Å². The van der Waals surface area contributed by atoms with Crippen molar-refractivity contribution in [3.8, 4) is 5.75 Å². The highest BCUT2D eigenvalue weighted by Crippen LogP contribution is 2.49. The normalized spacial score (nSPS) is 19.9. The largest absolute Gasteiger partial charge is 0.488 e. The van der Waals surface area contributed by atoms with E-state index < -0.39 is 0 Å². The third-order valence-corrected chi connectivity index (χ3v) is 7.39. The number of benzene rings is 4. The molecule has 1 N–H and O–H groups in total. The van der Waals surface area contributed by atoms with Gasteiger partial charge in [0.25, 0.3) is 0 Å². The molecule has 4 aromatic carbocycles. The van der Waals surface area contributed by atoms with Gasteiger partial charge in [0.05, 0.1) is 11.7 Å². The SMILES string of the molecule is Fc1ccc(COc2ccc(Cl)cc2C=Nc2ccc([C@@H]3Nc4ccccc4[C@@H]4C=CC[C@@H]43)cc2)cc1. The molecule has 0 amide bonds. The number of nitrogens with zero attached hydrogens (tertiary/aromatic N) is 1. The molecule has 1 heterocycles. The van der Waals surface area contributed by atoms with E-state index in [1.165, 1.54) is 28.9 Å². The first kappa shape index (κ1) is 23.5. The summed E-state index contributed by atoms with van der Waals surface area (Å²) in [5, 5.41) is 4.38. The van der Waals surface area contributed by atoms with Gasteiger partial charge >= 0.3 is 0 Å². The number of halogens is 2. The molecule has 0 aromatic heterocycles. The van der Waals surface area contributed by atoms with Gasteiger partial charge in [0.2, 0.25) is 0 Å². The molecule has 4 aromatic rings. The molecule has 3 nitrogen and oxygen atoms in total. The molecule has 0 bridgehead atoms. The van der Waals surface area contributed by atoms with Crippen molar-refractivity contribution in [2.75, 3.05) is 5.32 Å². The number of allylic oxidation sites excluding steroid dienone is 2. The Morgan fingerprint density at radius 2 is 1.78 bits per heavy atom. The van der Waals surface area contributed by atoms with Crippen LogP contribution in [0.5, 0.6) is 5.75 Å². The van der Waals surface area contributed by atoms with E-state index in [1.54, 1.807) is 24.4 Å². The summed E-state index contributed by atoms with van der Waals surface area (Å²) in [5.74, 6) is 1.37. The Kier molecular flexibility index (Phi) is 6.50. The first-order chi connectivity index (χ1) is 18.1. The Bertz CT molecular complexity index is 1460. The van der Waals surface area contributed by atoms with Gasteiger partial charge in [-0.15, -0.1) is 0 Å². The number of hydrogen-bond donors (Lipinski definition) is 1. The van der Waals surface area contributed by atoms with Crippen molar-refractivity contribution in [3.63, 3.8) is 0 Å². The second kappa shape index (κ2) is 10.2. The maximum Gasteiger partial charge on any atom is 0.128 e.